The van der Waals surface area contributed by atoms with E-state index < -0.39 is 11.5 Å². The van der Waals surface area contributed by atoms with Crippen LogP contribution in [0.3, 0.4) is 0 Å². The van der Waals surface area contributed by atoms with Crippen LogP contribution in [0.2, 0.25) is 0 Å². The molecule has 30 heavy (non-hydrogen) atoms. The summed E-state index contributed by atoms with van der Waals surface area (Å²) in [6.07, 6.45) is 2.90. The molecule has 2 aromatic carbocycles. The van der Waals surface area contributed by atoms with Gasteiger partial charge in [0, 0.05) is 17.0 Å². The van der Waals surface area contributed by atoms with Crippen molar-refractivity contribution in [3.63, 3.8) is 0 Å². The average molecular weight is 453 g/mol. The largest absolute Gasteiger partial charge is 0.383 e. The molecule has 4 rings (SSSR count). The number of benzene rings is 2. The molecule has 4 aromatic rings. The van der Waals surface area contributed by atoms with E-state index in [1.54, 1.807) is 30.3 Å². The van der Waals surface area contributed by atoms with Crippen molar-refractivity contribution < 1.29 is 13.9 Å². The van der Waals surface area contributed by atoms with E-state index in [0.717, 1.165) is 0 Å². The molecule has 0 saturated heterocycles. The summed E-state index contributed by atoms with van der Waals surface area (Å²) in [5.74, 6) is -1.17. The van der Waals surface area contributed by atoms with Crippen molar-refractivity contribution in [2.45, 2.75) is 25.0 Å². The van der Waals surface area contributed by atoms with E-state index in [-0.39, 0.29) is 43.0 Å². The normalized spacial score (nSPS) is 13.7. The van der Waals surface area contributed by atoms with E-state index >= 15 is 0 Å². The van der Waals surface area contributed by atoms with Gasteiger partial charge < -0.3 is 5.11 Å². The Labute approximate surface area is 184 Å². The standard InChI is InChI=1S/C21H18F2N4O.2ClH/c1-14(19-8-2-15-10-18(23)7-9-20(15)26-19)21(28,11-27-13-24-12-25-27)16-3-5-17(22)6-4-16;;/h2-10,12-14,28H,11H2,1H3;2*1H. The van der Waals surface area contributed by atoms with Crippen LogP contribution < -0.4 is 0 Å². The maximum Gasteiger partial charge on any atom is 0.137 e. The Morgan fingerprint density at radius 1 is 1.00 bits per heavy atom. The number of aromatic nitrogens is 4. The van der Waals surface area contributed by atoms with Crippen LogP contribution in [-0.4, -0.2) is 24.9 Å². The number of hydrogen-bond donors (Lipinski definition) is 1. The molecule has 0 bridgehead atoms. The average Bonchev–Trinajstić information content (AvgIpc) is 3.20. The molecular formula is C21H20Cl2F2N4O. The quantitative estimate of drug-likeness (QED) is 0.478. The fourth-order valence-electron chi connectivity index (χ4n) is 3.38. The monoisotopic (exact) mass is 452 g/mol. The van der Waals surface area contributed by atoms with Crippen LogP contribution in [0.4, 0.5) is 8.78 Å². The van der Waals surface area contributed by atoms with Crippen molar-refractivity contribution in [1.82, 2.24) is 19.7 Å². The van der Waals surface area contributed by atoms with Crippen LogP contribution >= 0.6 is 24.8 Å². The fraction of sp³-hybridized carbons (Fsp3) is 0.190. The van der Waals surface area contributed by atoms with E-state index in [0.29, 0.717) is 22.2 Å². The van der Waals surface area contributed by atoms with Crippen molar-refractivity contribution >= 4 is 35.7 Å². The molecule has 0 fully saturated rings. The maximum atomic E-state index is 13.4. The number of hydrogen-bond acceptors (Lipinski definition) is 4. The van der Waals surface area contributed by atoms with Crippen LogP contribution in [0.15, 0.2) is 67.3 Å². The molecule has 2 aromatic heterocycles. The number of aliphatic hydroxyl groups is 1. The molecule has 9 heteroatoms. The second-order valence-corrected chi connectivity index (χ2v) is 6.82. The van der Waals surface area contributed by atoms with E-state index in [2.05, 4.69) is 15.1 Å². The maximum absolute atomic E-state index is 13.4. The lowest BCUT2D eigenvalue weighted by atomic mass is 9.80. The zero-order chi connectivity index (χ0) is 19.7. The van der Waals surface area contributed by atoms with Crippen molar-refractivity contribution in [1.29, 1.82) is 0 Å². The smallest absolute Gasteiger partial charge is 0.137 e. The van der Waals surface area contributed by atoms with Crippen LogP contribution in [-0.2, 0) is 12.1 Å². The molecule has 0 aliphatic carbocycles. The number of pyridine rings is 1. The third kappa shape index (κ3) is 4.59. The van der Waals surface area contributed by atoms with Gasteiger partial charge in [-0.05, 0) is 42.0 Å². The predicted molar refractivity (Wildman–Crippen MR) is 115 cm³/mol. The van der Waals surface area contributed by atoms with Gasteiger partial charge in [-0.1, -0.05) is 25.1 Å². The lowest BCUT2D eigenvalue weighted by Gasteiger charge is -2.34. The molecule has 0 radical (unpaired) electrons. The van der Waals surface area contributed by atoms with Gasteiger partial charge in [-0.25, -0.2) is 18.4 Å². The molecule has 0 amide bonds. The van der Waals surface area contributed by atoms with Crippen molar-refractivity contribution in [3.05, 3.63) is 90.1 Å². The molecule has 2 heterocycles. The number of rotatable bonds is 5. The molecule has 0 spiro atoms. The first-order chi connectivity index (χ1) is 13.5. The van der Waals surface area contributed by atoms with E-state index in [1.165, 1.54) is 41.6 Å². The predicted octanol–water partition coefficient (Wildman–Crippen LogP) is 4.64. The van der Waals surface area contributed by atoms with Gasteiger partial charge in [0.25, 0.3) is 0 Å². The highest BCUT2D eigenvalue weighted by Gasteiger charge is 2.38. The van der Waals surface area contributed by atoms with Gasteiger partial charge in [-0.2, -0.15) is 5.10 Å². The summed E-state index contributed by atoms with van der Waals surface area (Å²) in [6.45, 7) is 1.96. The van der Waals surface area contributed by atoms with Crippen LogP contribution in [0, 0.1) is 11.6 Å². The zero-order valence-electron chi connectivity index (χ0n) is 15.9. The van der Waals surface area contributed by atoms with Gasteiger partial charge in [0.2, 0.25) is 0 Å². The lowest BCUT2D eigenvalue weighted by Crippen LogP contribution is -2.37. The molecule has 1 N–H and O–H groups in total. The molecule has 2 unspecified atom stereocenters. The summed E-state index contributed by atoms with van der Waals surface area (Å²) in [4.78, 5) is 8.53. The molecular weight excluding hydrogens is 433 g/mol. The molecule has 5 nitrogen and oxygen atoms in total. The summed E-state index contributed by atoms with van der Waals surface area (Å²) < 4.78 is 28.4. The molecule has 0 aliphatic heterocycles. The SMILES string of the molecule is CC(c1ccc2cc(F)ccc2n1)C(O)(Cn1cncn1)c1ccc(F)cc1.Cl.Cl. The number of nitrogens with zero attached hydrogens (tertiary/aromatic N) is 4. The van der Waals surface area contributed by atoms with Crippen LogP contribution in [0.5, 0.6) is 0 Å². The topological polar surface area (TPSA) is 63.8 Å². The van der Waals surface area contributed by atoms with E-state index in [9.17, 15) is 13.9 Å². The van der Waals surface area contributed by atoms with E-state index in [1.807, 2.05) is 6.92 Å². The van der Waals surface area contributed by atoms with Crippen LogP contribution in [0.1, 0.15) is 24.1 Å². The number of fused-ring (bicyclic) bond motifs is 1. The van der Waals surface area contributed by atoms with Gasteiger partial charge >= 0.3 is 0 Å². The Morgan fingerprint density at radius 2 is 1.70 bits per heavy atom. The fourth-order valence-corrected chi connectivity index (χ4v) is 3.38. The Bertz CT molecular complexity index is 1110. The minimum atomic E-state index is -1.41. The lowest BCUT2D eigenvalue weighted by molar-refractivity contribution is -0.00910. The number of halogens is 4. The zero-order valence-corrected chi connectivity index (χ0v) is 17.6. The molecule has 0 aliphatic rings. The molecule has 158 valence electrons. The van der Waals surface area contributed by atoms with Crippen molar-refractivity contribution in [2.24, 2.45) is 0 Å². The van der Waals surface area contributed by atoms with Gasteiger partial charge in [-0.3, -0.25) is 4.98 Å². The highest BCUT2D eigenvalue weighted by Crippen LogP contribution is 2.38. The second-order valence-electron chi connectivity index (χ2n) is 6.82. The Kier molecular flexibility index (Phi) is 7.47. The Hall–Kier alpha value is -2.61. The second kappa shape index (κ2) is 9.47. The highest BCUT2D eigenvalue weighted by molar-refractivity contribution is 5.85. The summed E-state index contributed by atoms with van der Waals surface area (Å²) in [5.41, 5.74) is 0.388. The summed E-state index contributed by atoms with van der Waals surface area (Å²) in [6, 6.07) is 13.6. The highest BCUT2D eigenvalue weighted by atomic mass is 35.5. The first kappa shape index (κ1) is 23.7. The van der Waals surface area contributed by atoms with Gasteiger partial charge in [0.1, 0.15) is 29.9 Å². The minimum absolute atomic E-state index is 0. The third-order valence-electron chi connectivity index (χ3n) is 5.05. The minimum Gasteiger partial charge on any atom is -0.383 e. The Morgan fingerprint density at radius 3 is 2.37 bits per heavy atom. The van der Waals surface area contributed by atoms with Crippen molar-refractivity contribution in [3.8, 4) is 0 Å². The van der Waals surface area contributed by atoms with E-state index in [4.69, 9.17) is 0 Å². The summed E-state index contributed by atoms with van der Waals surface area (Å²) >= 11 is 0. The first-order valence-corrected chi connectivity index (χ1v) is 8.83. The van der Waals surface area contributed by atoms with Crippen molar-refractivity contribution in [2.75, 3.05) is 0 Å². The Balaban J connectivity index is 0.00000160. The van der Waals surface area contributed by atoms with Crippen LogP contribution in [0.25, 0.3) is 10.9 Å². The van der Waals surface area contributed by atoms with Gasteiger partial charge in [-0.15, -0.1) is 24.8 Å². The molecule has 2 atom stereocenters. The molecule has 0 saturated carbocycles. The first-order valence-electron chi connectivity index (χ1n) is 8.83. The summed E-state index contributed by atoms with van der Waals surface area (Å²) in [7, 11) is 0. The van der Waals surface area contributed by atoms with Gasteiger partial charge in [0.05, 0.1) is 12.1 Å². The summed E-state index contributed by atoms with van der Waals surface area (Å²) in [5, 5.41) is 16.4. The van der Waals surface area contributed by atoms with Gasteiger partial charge in [0.15, 0.2) is 0 Å². The third-order valence-corrected chi connectivity index (χ3v) is 5.05.